The second-order valence-corrected chi connectivity index (χ2v) is 4.80. The summed E-state index contributed by atoms with van der Waals surface area (Å²) in [6.45, 7) is 1.62. The van der Waals surface area contributed by atoms with Gasteiger partial charge in [0.2, 0.25) is 0 Å². The van der Waals surface area contributed by atoms with Gasteiger partial charge in [0.05, 0.1) is 6.04 Å². The number of likely N-dealkylation sites (tertiary alicyclic amines) is 1. The van der Waals surface area contributed by atoms with Crippen LogP contribution < -0.4 is 0 Å². The summed E-state index contributed by atoms with van der Waals surface area (Å²) >= 11 is 0. The van der Waals surface area contributed by atoms with Crippen molar-refractivity contribution < 1.29 is 23.8 Å². The highest BCUT2D eigenvalue weighted by molar-refractivity contribution is 5.67. The molecule has 1 heterocycles. The van der Waals surface area contributed by atoms with E-state index in [0.717, 1.165) is 0 Å². The van der Waals surface area contributed by atoms with Crippen LogP contribution >= 0.6 is 0 Å². The van der Waals surface area contributed by atoms with Gasteiger partial charge in [-0.15, -0.1) is 0 Å². The number of halogens is 1. The van der Waals surface area contributed by atoms with Crippen molar-refractivity contribution in [3.05, 3.63) is 35.6 Å². The fraction of sp³-hybridized carbons (Fsp3) is 0.429. The quantitative estimate of drug-likeness (QED) is 0.846. The Bertz CT molecular complexity index is 502. The van der Waals surface area contributed by atoms with Crippen molar-refractivity contribution in [1.82, 2.24) is 4.90 Å². The minimum atomic E-state index is -1.03. The van der Waals surface area contributed by atoms with E-state index in [1.807, 2.05) is 0 Å². The third-order valence-electron chi connectivity index (χ3n) is 3.39. The van der Waals surface area contributed by atoms with E-state index in [9.17, 15) is 19.1 Å². The zero-order chi connectivity index (χ0) is 14.7. The molecule has 1 aliphatic rings. The number of amides is 1. The molecule has 1 aromatic rings. The van der Waals surface area contributed by atoms with E-state index in [1.54, 1.807) is 12.1 Å². The third-order valence-corrected chi connectivity index (χ3v) is 3.39. The molecule has 0 unspecified atom stereocenters. The molecule has 0 saturated carbocycles. The third kappa shape index (κ3) is 3.26. The summed E-state index contributed by atoms with van der Waals surface area (Å²) in [4.78, 5) is 23.6. The highest BCUT2D eigenvalue weighted by atomic mass is 19.1. The average molecular weight is 281 g/mol. The Balaban J connectivity index is 2.20. The number of rotatable bonds is 2. The maximum absolute atomic E-state index is 13.0. The summed E-state index contributed by atoms with van der Waals surface area (Å²) in [5.74, 6) is -0.750. The second kappa shape index (κ2) is 5.90. The minimum Gasteiger partial charge on any atom is -0.465 e. The van der Waals surface area contributed by atoms with Crippen LogP contribution in [0.25, 0.3) is 0 Å². The van der Waals surface area contributed by atoms with Crippen LogP contribution in [0, 0.1) is 5.82 Å². The molecule has 1 N–H and O–H groups in total. The maximum Gasteiger partial charge on any atom is 0.407 e. The van der Waals surface area contributed by atoms with Gasteiger partial charge < -0.3 is 14.7 Å². The van der Waals surface area contributed by atoms with Gasteiger partial charge in [0, 0.05) is 26.3 Å². The zero-order valence-electron chi connectivity index (χ0n) is 11.1. The number of hydrogen-bond acceptors (Lipinski definition) is 3. The molecule has 1 aliphatic heterocycles. The first-order chi connectivity index (χ1) is 9.47. The van der Waals surface area contributed by atoms with Gasteiger partial charge in [-0.25, -0.2) is 9.18 Å². The van der Waals surface area contributed by atoms with E-state index < -0.39 is 12.1 Å². The van der Waals surface area contributed by atoms with Gasteiger partial charge in [0.15, 0.2) is 0 Å². The number of piperidine rings is 1. The number of carbonyl (C=O) groups excluding carboxylic acids is 1. The molecule has 0 aliphatic carbocycles. The van der Waals surface area contributed by atoms with Crippen molar-refractivity contribution >= 4 is 12.1 Å². The molecule has 6 heteroatoms. The predicted octanol–water partition coefficient (Wildman–Crippen LogP) is 2.57. The van der Waals surface area contributed by atoms with E-state index in [0.29, 0.717) is 18.4 Å². The highest BCUT2D eigenvalue weighted by Crippen LogP contribution is 2.32. The first-order valence-corrected chi connectivity index (χ1v) is 6.39. The number of hydrogen-bond donors (Lipinski definition) is 1. The molecule has 0 spiro atoms. The summed E-state index contributed by atoms with van der Waals surface area (Å²) in [5.41, 5.74) is 0.700. The largest absolute Gasteiger partial charge is 0.465 e. The lowest BCUT2D eigenvalue weighted by Crippen LogP contribution is -2.43. The van der Waals surface area contributed by atoms with Gasteiger partial charge in [-0.2, -0.15) is 0 Å². The molecule has 1 amide bonds. The molecular formula is C14H16FNO4. The van der Waals surface area contributed by atoms with E-state index >= 15 is 0 Å². The monoisotopic (exact) mass is 281 g/mol. The number of benzene rings is 1. The molecule has 2 rings (SSSR count). The maximum atomic E-state index is 13.0. The second-order valence-electron chi connectivity index (χ2n) is 4.80. The Morgan fingerprint density at radius 3 is 2.55 bits per heavy atom. The predicted molar refractivity (Wildman–Crippen MR) is 68.7 cm³/mol. The Morgan fingerprint density at radius 2 is 2.00 bits per heavy atom. The molecule has 1 fully saturated rings. The van der Waals surface area contributed by atoms with Gasteiger partial charge in [0.1, 0.15) is 11.9 Å². The number of esters is 1. The Hall–Kier alpha value is -2.11. The van der Waals surface area contributed by atoms with Crippen molar-refractivity contribution in [2.45, 2.75) is 31.9 Å². The minimum absolute atomic E-state index is 0.287. The fourth-order valence-corrected chi connectivity index (χ4v) is 2.50. The van der Waals surface area contributed by atoms with Crippen LogP contribution in [-0.4, -0.2) is 34.7 Å². The molecule has 0 radical (unpaired) electrons. The first-order valence-electron chi connectivity index (χ1n) is 6.39. The van der Waals surface area contributed by atoms with E-state index in [1.165, 1.54) is 24.0 Å². The summed E-state index contributed by atoms with van der Waals surface area (Å²) in [7, 11) is 0. The van der Waals surface area contributed by atoms with Crippen LogP contribution in [0.3, 0.4) is 0 Å². The van der Waals surface area contributed by atoms with Gasteiger partial charge >= 0.3 is 12.1 Å². The summed E-state index contributed by atoms with van der Waals surface area (Å²) in [6.07, 6.45) is -0.472. The topological polar surface area (TPSA) is 66.8 Å². The molecule has 2 atom stereocenters. The van der Waals surface area contributed by atoms with Crippen molar-refractivity contribution in [2.24, 2.45) is 0 Å². The normalized spacial score (nSPS) is 22.4. The number of nitrogens with zero attached hydrogens (tertiary/aromatic N) is 1. The fourth-order valence-electron chi connectivity index (χ4n) is 2.50. The Labute approximate surface area is 116 Å². The lowest BCUT2D eigenvalue weighted by atomic mass is 9.93. The standard InChI is InChI=1S/C14H16FNO4/c1-9(17)20-12-6-7-16(14(18)19)13(8-12)10-2-4-11(15)5-3-10/h2-5,12-13H,6-8H2,1H3,(H,18,19)/t12-,13-/m1/s1. The smallest absolute Gasteiger partial charge is 0.407 e. The van der Waals surface area contributed by atoms with Crippen LogP contribution in [0.4, 0.5) is 9.18 Å². The van der Waals surface area contributed by atoms with Crippen molar-refractivity contribution in [3.63, 3.8) is 0 Å². The molecule has 0 aromatic heterocycles. The first kappa shape index (κ1) is 14.3. The van der Waals surface area contributed by atoms with Crippen molar-refractivity contribution in [1.29, 1.82) is 0 Å². The van der Waals surface area contributed by atoms with Gasteiger partial charge in [0.25, 0.3) is 0 Å². The van der Waals surface area contributed by atoms with Crippen LogP contribution in [0.5, 0.6) is 0 Å². The molecule has 0 bridgehead atoms. The van der Waals surface area contributed by atoms with Crippen molar-refractivity contribution in [3.8, 4) is 0 Å². The molecule has 5 nitrogen and oxygen atoms in total. The van der Waals surface area contributed by atoms with E-state index in [4.69, 9.17) is 4.74 Å². The summed E-state index contributed by atoms with van der Waals surface area (Å²) < 4.78 is 18.1. The lowest BCUT2D eigenvalue weighted by molar-refractivity contribution is -0.149. The number of ether oxygens (including phenoxy) is 1. The molecule has 1 saturated heterocycles. The zero-order valence-corrected chi connectivity index (χ0v) is 11.1. The molecule has 1 aromatic carbocycles. The van der Waals surface area contributed by atoms with Gasteiger partial charge in [-0.3, -0.25) is 4.79 Å². The molecule has 108 valence electrons. The summed E-state index contributed by atoms with van der Waals surface area (Å²) in [6, 6.07) is 5.29. The number of carboxylic acid groups (broad SMARTS) is 1. The SMILES string of the molecule is CC(=O)O[C@@H]1CCN(C(=O)O)[C@@H](c2ccc(F)cc2)C1. The molecular weight excluding hydrogens is 265 g/mol. The van der Waals surface area contributed by atoms with Gasteiger partial charge in [-0.05, 0) is 17.7 Å². The Kier molecular flexibility index (Phi) is 4.22. The van der Waals surface area contributed by atoms with Crippen LogP contribution in [-0.2, 0) is 9.53 Å². The molecule has 20 heavy (non-hydrogen) atoms. The average Bonchev–Trinajstić information content (AvgIpc) is 2.38. The van der Waals surface area contributed by atoms with Crippen LogP contribution in [0.1, 0.15) is 31.4 Å². The summed E-state index contributed by atoms with van der Waals surface area (Å²) in [5, 5.41) is 9.24. The highest BCUT2D eigenvalue weighted by Gasteiger charge is 2.33. The number of carbonyl (C=O) groups is 2. The van der Waals surface area contributed by atoms with E-state index in [-0.39, 0.29) is 24.4 Å². The van der Waals surface area contributed by atoms with Crippen molar-refractivity contribution in [2.75, 3.05) is 6.54 Å². The van der Waals surface area contributed by atoms with Crippen LogP contribution in [0.2, 0.25) is 0 Å². The Morgan fingerprint density at radius 1 is 1.35 bits per heavy atom. The lowest BCUT2D eigenvalue weighted by Gasteiger charge is -2.37. The van der Waals surface area contributed by atoms with Gasteiger partial charge in [-0.1, -0.05) is 12.1 Å². The van der Waals surface area contributed by atoms with Crippen LogP contribution in [0.15, 0.2) is 24.3 Å². The van der Waals surface area contributed by atoms with E-state index in [2.05, 4.69) is 0 Å².